The highest BCUT2D eigenvalue weighted by Gasteiger charge is 2.19. The SMILES string of the molecule is COc1ccc(N)c(C(=O)NCC2CN(C)CCO2)c1. The summed E-state index contributed by atoms with van der Waals surface area (Å²) in [5, 5.41) is 2.86. The second kappa shape index (κ2) is 6.58. The maximum Gasteiger partial charge on any atom is 0.253 e. The molecule has 1 aliphatic rings. The van der Waals surface area contributed by atoms with Crippen molar-refractivity contribution in [2.75, 3.05) is 46.1 Å². The van der Waals surface area contributed by atoms with Crippen LogP contribution in [-0.4, -0.2) is 57.3 Å². The number of nitrogens with two attached hydrogens (primary N) is 1. The number of benzene rings is 1. The lowest BCUT2D eigenvalue weighted by Crippen LogP contribution is -2.46. The molecule has 1 heterocycles. The molecule has 0 aliphatic carbocycles. The Kier molecular flexibility index (Phi) is 4.81. The molecule has 1 saturated heterocycles. The average Bonchev–Trinajstić information content (AvgIpc) is 2.45. The van der Waals surface area contributed by atoms with Gasteiger partial charge in [0.2, 0.25) is 0 Å². The van der Waals surface area contributed by atoms with Gasteiger partial charge in [-0.05, 0) is 25.2 Å². The highest BCUT2D eigenvalue weighted by Crippen LogP contribution is 2.19. The summed E-state index contributed by atoms with van der Waals surface area (Å²) in [6.45, 7) is 2.90. The number of nitrogens with one attached hydrogen (secondary N) is 1. The number of morpholine rings is 1. The van der Waals surface area contributed by atoms with Crippen molar-refractivity contribution in [1.29, 1.82) is 0 Å². The maximum atomic E-state index is 12.1. The van der Waals surface area contributed by atoms with Crippen LogP contribution in [0.25, 0.3) is 0 Å². The molecule has 1 fully saturated rings. The van der Waals surface area contributed by atoms with Gasteiger partial charge in [-0.1, -0.05) is 0 Å². The Hall–Kier alpha value is -1.79. The van der Waals surface area contributed by atoms with Gasteiger partial charge in [-0.3, -0.25) is 4.79 Å². The fraction of sp³-hybridized carbons (Fsp3) is 0.500. The van der Waals surface area contributed by atoms with Crippen molar-refractivity contribution in [3.05, 3.63) is 23.8 Å². The van der Waals surface area contributed by atoms with Gasteiger partial charge in [0.05, 0.1) is 25.4 Å². The van der Waals surface area contributed by atoms with E-state index in [1.54, 1.807) is 25.3 Å². The molecule has 1 atom stereocenters. The zero-order valence-electron chi connectivity index (χ0n) is 11.9. The van der Waals surface area contributed by atoms with Crippen LogP contribution in [0, 0.1) is 0 Å². The maximum absolute atomic E-state index is 12.1. The molecule has 1 amide bonds. The minimum atomic E-state index is -0.210. The molecule has 2 rings (SSSR count). The molecule has 3 N–H and O–H groups in total. The van der Waals surface area contributed by atoms with Crippen LogP contribution in [0.5, 0.6) is 5.75 Å². The van der Waals surface area contributed by atoms with E-state index in [1.165, 1.54) is 0 Å². The Balaban J connectivity index is 1.94. The molecule has 6 nitrogen and oxygen atoms in total. The van der Waals surface area contributed by atoms with Gasteiger partial charge >= 0.3 is 0 Å². The number of likely N-dealkylation sites (N-methyl/N-ethyl adjacent to an activating group) is 1. The predicted octanol–water partition coefficient (Wildman–Crippen LogP) is 0.338. The van der Waals surface area contributed by atoms with Crippen LogP contribution < -0.4 is 15.8 Å². The summed E-state index contributed by atoms with van der Waals surface area (Å²) in [7, 11) is 3.59. The standard InChI is InChI=1S/C14H21N3O3/c1-17-5-6-20-11(9-17)8-16-14(18)12-7-10(19-2)3-4-13(12)15/h3-4,7,11H,5-6,8-9,15H2,1-2H3,(H,16,18). The zero-order valence-corrected chi connectivity index (χ0v) is 11.9. The fourth-order valence-corrected chi connectivity index (χ4v) is 2.15. The topological polar surface area (TPSA) is 76.8 Å². The number of rotatable bonds is 4. The van der Waals surface area contributed by atoms with E-state index in [9.17, 15) is 4.79 Å². The number of carbonyl (C=O) groups excluding carboxylic acids is 1. The summed E-state index contributed by atoms with van der Waals surface area (Å²) in [4.78, 5) is 14.3. The van der Waals surface area contributed by atoms with Crippen molar-refractivity contribution < 1.29 is 14.3 Å². The third-order valence-electron chi connectivity index (χ3n) is 3.34. The third-order valence-corrected chi connectivity index (χ3v) is 3.34. The molecular formula is C14H21N3O3. The lowest BCUT2D eigenvalue weighted by atomic mass is 10.1. The number of hydrogen-bond donors (Lipinski definition) is 2. The number of nitrogens with zero attached hydrogens (tertiary/aromatic N) is 1. The van der Waals surface area contributed by atoms with Crippen molar-refractivity contribution in [3.8, 4) is 5.75 Å². The van der Waals surface area contributed by atoms with Gasteiger partial charge < -0.3 is 25.4 Å². The molecule has 1 aromatic carbocycles. The molecule has 0 radical (unpaired) electrons. The molecule has 110 valence electrons. The molecule has 0 spiro atoms. The Labute approximate surface area is 118 Å². The van der Waals surface area contributed by atoms with Gasteiger partial charge in [-0.15, -0.1) is 0 Å². The Morgan fingerprint density at radius 1 is 1.60 bits per heavy atom. The molecule has 0 aromatic heterocycles. The summed E-state index contributed by atoms with van der Waals surface area (Å²) < 4.78 is 10.7. The molecule has 1 unspecified atom stereocenters. The van der Waals surface area contributed by atoms with Crippen LogP contribution in [0.2, 0.25) is 0 Å². The van der Waals surface area contributed by atoms with Gasteiger partial charge in [0.15, 0.2) is 0 Å². The predicted molar refractivity (Wildman–Crippen MR) is 77.0 cm³/mol. The first kappa shape index (κ1) is 14.6. The number of nitrogen functional groups attached to an aromatic ring is 1. The fourth-order valence-electron chi connectivity index (χ4n) is 2.15. The summed E-state index contributed by atoms with van der Waals surface area (Å²) >= 11 is 0. The first-order valence-electron chi connectivity index (χ1n) is 6.62. The lowest BCUT2D eigenvalue weighted by molar-refractivity contribution is -0.0174. The number of amides is 1. The first-order chi connectivity index (χ1) is 9.60. The first-order valence-corrected chi connectivity index (χ1v) is 6.62. The summed E-state index contributed by atoms with van der Waals surface area (Å²) in [5.74, 6) is 0.399. The molecule has 1 aromatic rings. The number of hydrogen-bond acceptors (Lipinski definition) is 5. The van der Waals surface area contributed by atoms with Crippen LogP contribution in [0.3, 0.4) is 0 Å². The van der Waals surface area contributed by atoms with Crippen LogP contribution in [-0.2, 0) is 4.74 Å². The minimum Gasteiger partial charge on any atom is -0.497 e. The van der Waals surface area contributed by atoms with Crippen molar-refractivity contribution in [2.45, 2.75) is 6.10 Å². The highest BCUT2D eigenvalue weighted by molar-refractivity contribution is 5.99. The van der Waals surface area contributed by atoms with E-state index in [1.807, 2.05) is 7.05 Å². The van der Waals surface area contributed by atoms with Crippen LogP contribution in [0.1, 0.15) is 10.4 Å². The van der Waals surface area contributed by atoms with E-state index in [2.05, 4.69) is 10.2 Å². The molecule has 6 heteroatoms. The van der Waals surface area contributed by atoms with E-state index in [4.69, 9.17) is 15.2 Å². The van der Waals surface area contributed by atoms with Crippen molar-refractivity contribution in [1.82, 2.24) is 10.2 Å². The van der Waals surface area contributed by atoms with Gasteiger partial charge in [-0.25, -0.2) is 0 Å². The van der Waals surface area contributed by atoms with E-state index in [0.29, 0.717) is 30.2 Å². The Morgan fingerprint density at radius 2 is 2.40 bits per heavy atom. The molecule has 20 heavy (non-hydrogen) atoms. The van der Waals surface area contributed by atoms with Crippen LogP contribution in [0.15, 0.2) is 18.2 Å². The van der Waals surface area contributed by atoms with E-state index in [-0.39, 0.29) is 12.0 Å². The molecule has 0 saturated carbocycles. The van der Waals surface area contributed by atoms with Gasteiger partial charge in [0.1, 0.15) is 5.75 Å². The molecule has 1 aliphatic heterocycles. The molecule has 0 bridgehead atoms. The number of ether oxygens (including phenoxy) is 2. The van der Waals surface area contributed by atoms with E-state index in [0.717, 1.165) is 13.1 Å². The lowest BCUT2D eigenvalue weighted by Gasteiger charge is -2.30. The highest BCUT2D eigenvalue weighted by atomic mass is 16.5. The minimum absolute atomic E-state index is 0.0181. The third kappa shape index (κ3) is 3.61. The van der Waals surface area contributed by atoms with Crippen molar-refractivity contribution >= 4 is 11.6 Å². The monoisotopic (exact) mass is 279 g/mol. The number of carbonyl (C=O) groups is 1. The number of anilines is 1. The quantitative estimate of drug-likeness (QED) is 0.777. The number of methoxy groups -OCH3 is 1. The summed E-state index contributed by atoms with van der Waals surface area (Å²) in [5.41, 5.74) is 6.68. The van der Waals surface area contributed by atoms with Crippen LogP contribution in [0.4, 0.5) is 5.69 Å². The summed E-state index contributed by atoms with van der Waals surface area (Å²) in [6, 6.07) is 5.03. The van der Waals surface area contributed by atoms with E-state index >= 15 is 0 Å². The van der Waals surface area contributed by atoms with Gasteiger partial charge in [-0.2, -0.15) is 0 Å². The second-order valence-corrected chi connectivity index (χ2v) is 4.92. The van der Waals surface area contributed by atoms with Crippen molar-refractivity contribution in [3.63, 3.8) is 0 Å². The normalized spacial score (nSPS) is 19.6. The average molecular weight is 279 g/mol. The Morgan fingerprint density at radius 3 is 3.10 bits per heavy atom. The largest absolute Gasteiger partial charge is 0.497 e. The van der Waals surface area contributed by atoms with Gasteiger partial charge in [0, 0.05) is 25.3 Å². The van der Waals surface area contributed by atoms with Crippen molar-refractivity contribution in [2.24, 2.45) is 0 Å². The van der Waals surface area contributed by atoms with Crippen LogP contribution >= 0.6 is 0 Å². The van der Waals surface area contributed by atoms with E-state index < -0.39 is 0 Å². The summed E-state index contributed by atoms with van der Waals surface area (Å²) in [6.07, 6.45) is 0.0181. The smallest absolute Gasteiger partial charge is 0.253 e. The second-order valence-electron chi connectivity index (χ2n) is 4.92. The molecular weight excluding hydrogens is 258 g/mol. The Bertz CT molecular complexity index is 479. The van der Waals surface area contributed by atoms with Gasteiger partial charge in [0.25, 0.3) is 5.91 Å². The zero-order chi connectivity index (χ0) is 14.5.